The van der Waals surface area contributed by atoms with E-state index in [1.54, 1.807) is 12.1 Å². The predicted molar refractivity (Wildman–Crippen MR) is 107 cm³/mol. The molecule has 0 atom stereocenters. The molecule has 0 unspecified atom stereocenters. The zero-order chi connectivity index (χ0) is 19.7. The lowest BCUT2D eigenvalue weighted by Crippen LogP contribution is -2.24. The number of carbonyl (C=O) groups is 2. The number of carboxylic acids is 1. The minimum Gasteiger partial charge on any atom is -0.478 e. The third-order valence-corrected chi connectivity index (χ3v) is 4.60. The minimum absolute atomic E-state index is 0.0808. The Labute approximate surface area is 162 Å². The smallest absolute Gasteiger partial charge is 0.335 e. The molecule has 0 heterocycles. The molecule has 0 saturated carbocycles. The number of hydrogen-bond acceptors (Lipinski definition) is 3. The zero-order valence-corrected chi connectivity index (χ0v) is 16.2. The highest BCUT2D eigenvalue weighted by Gasteiger charge is 2.02. The van der Waals surface area contributed by atoms with Crippen molar-refractivity contribution in [3.05, 3.63) is 35.4 Å². The van der Waals surface area contributed by atoms with Crippen LogP contribution in [0.4, 0.5) is 0 Å². The Morgan fingerprint density at radius 2 is 1.44 bits per heavy atom. The van der Waals surface area contributed by atoms with Crippen molar-refractivity contribution in [3.8, 4) is 0 Å². The van der Waals surface area contributed by atoms with Crippen molar-refractivity contribution in [2.24, 2.45) is 0 Å². The second-order valence-electron chi connectivity index (χ2n) is 6.93. The van der Waals surface area contributed by atoms with E-state index in [4.69, 9.17) is 5.11 Å². The molecule has 1 aromatic carbocycles. The Bertz CT molecular complexity index is 554. The number of aryl methyl sites for hydroxylation is 1. The Kier molecular flexibility index (Phi) is 12.7. The van der Waals surface area contributed by atoms with Crippen LogP contribution in [-0.4, -0.2) is 29.8 Å². The number of aromatic carboxylic acids is 1. The van der Waals surface area contributed by atoms with Gasteiger partial charge >= 0.3 is 5.97 Å². The lowest BCUT2D eigenvalue weighted by atomic mass is 10.0. The lowest BCUT2D eigenvalue weighted by molar-refractivity contribution is -0.121. The molecule has 0 aromatic heterocycles. The molecule has 149 valence electrons. The van der Waals surface area contributed by atoms with Crippen molar-refractivity contribution in [1.29, 1.82) is 0 Å². The summed E-state index contributed by atoms with van der Waals surface area (Å²) in [4.78, 5) is 32.4. The number of nitrogens with one attached hydrogen (secondary N) is 1. The van der Waals surface area contributed by atoms with Gasteiger partial charge in [0.25, 0.3) is 0 Å². The van der Waals surface area contributed by atoms with E-state index >= 15 is 0 Å². The normalized spacial score (nSPS) is 10.5. The Balaban J connectivity index is 1.89. The van der Waals surface area contributed by atoms with Gasteiger partial charge < -0.3 is 10.4 Å². The maximum atomic E-state index is 11.5. The summed E-state index contributed by atoms with van der Waals surface area (Å²) in [6.45, 7) is 0.567. The molecule has 1 amide bonds. The summed E-state index contributed by atoms with van der Waals surface area (Å²) in [6, 6.07) is 7.14. The van der Waals surface area contributed by atoms with Gasteiger partial charge in [-0.2, -0.15) is 0 Å². The van der Waals surface area contributed by atoms with Gasteiger partial charge in [0, 0.05) is 19.4 Å². The number of amides is 1. The van der Waals surface area contributed by atoms with E-state index in [1.165, 1.54) is 37.7 Å². The molecular weight excluding hydrogens is 342 g/mol. The predicted octanol–water partition coefficient (Wildman–Crippen LogP) is 4.44. The molecule has 0 saturated heterocycles. The first-order valence-electron chi connectivity index (χ1n) is 10.1. The molecule has 0 spiro atoms. The fourth-order valence-corrected chi connectivity index (χ4v) is 2.97. The molecule has 27 heavy (non-hydrogen) atoms. The summed E-state index contributed by atoms with van der Waals surface area (Å²) in [6.07, 6.45) is 13.6. The van der Waals surface area contributed by atoms with E-state index in [-0.39, 0.29) is 5.91 Å². The van der Waals surface area contributed by atoms with Crippen molar-refractivity contribution >= 4 is 18.2 Å². The summed E-state index contributed by atoms with van der Waals surface area (Å²) >= 11 is 0. The summed E-state index contributed by atoms with van der Waals surface area (Å²) < 4.78 is 0. The van der Waals surface area contributed by atoms with Gasteiger partial charge in [0.1, 0.15) is 0 Å². The van der Waals surface area contributed by atoms with Gasteiger partial charge in [-0.3, -0.25) is 9.59 Å². The second-order valence-corrected chi connectivity index (χ2v) is 6.93. The third-order valence-electron chi connectivity index (χ3n) is 4.60. The minimum atomic E-state index is -0.879. The summed E-state index contributed by atoms with van der Waals surface area (Å²) in [5, 5.41) is 11.7. The number of carboxylic acid groups (broad SMARTS) is 1. The van der Waals surface area contributed by atoms with E-state index in [1.807, 2.05) is 18.4 Å². The van der Waals surface area contributed by atoms with Crippen molar-refractivity contribution in [2.45, 2.75) is 77.0 Å². The van der Waals surface area contributed by atoms with E-state index in [2.05, 4.69) is 5.32 Å². The maximum Gasteiger partial charge on any atom is 0.335 e. The van der Waals surface area contributed by atoms with Crippen LogP contribution >= 0.6 is 0 Å². The SMILES string of the molecule is O=[C]CCCNC(=O)CCCCCCCCCCc1ccc(C(=O)O)cc1. The highest BCUT2D eigenvalue weighted by atomic mass is 16.4. The van der Waals surface area contributed by atoms with Crippen molar-refractivity contribution in [1.82, 2.24) is 5.32 Å². The first-order valence-corrected chi connectivity index (χ1v) is 10.1. The summed E-state index contributed by atoms with van der Waals surface area (Å²) in [5.74, 6) is -0.798. The number of hydrogen-bond donors (Lipinski definition) is 2. The summed E-state index contributed by atoms with van der Waals surface area (Å²) in [5.41, 5.74) is 1.54. The molecular formula is C22H32NO4. The highest BCUT2D eigenvalue weighted by Crippen LogP contribution is 2.12. The molecule has 1 radical (unpaired) electrons. The average Bonchev–Trinajstić information content (AvgIpc) is 2.67. The molecule has 0 aliphatic rings. The van der Waals surface area contributed by atoms with Gasteiger partial charge in [0.05, 0.1) is 5.56 Å². The van der Waals surface area contributed by atoms with E-state index in [0.717, 1.165) is 25.7 Å². The van der Waals surface area contributed by atoms with Gasteiger partial charge in [-0.05, 0) is 43.4 Å². The third kappa shape index (κ3) is 11.9. The molecule has 0 bridgehead atoms. The molecule has 0 aliphatic carbocycles. The fourth-order valence-electron chi connectivity index (χ4n) is 2.97. The molecule has 1 rings (SSSR count). The Morgan fingerprint density at radius 1 is 0.852 bits per heavy atom. The molecule has 1 aromatic rings. The Morgan fingerprint density at radius 3 is 2.04 bits per heavy atom. The standard InChI is InChI=1S/C22H32NO4/c24-18-10-9-17-23-21(25)12-8-6-4-2-1-3-5-7-11-19-13-15-20(16-14-19)22(26)27/h13-16H,1-12,17H2,(H,23,25)(H,26,27). The van der Waals surface area contributed by atoms with Crippen molar-refractivity contribution < 1.29 is 19.5 Å². The van der Waals surface area contributed by atoms with Gasteiger partial charge in [-0.25, -0.2) is 4.79 Å². The molecule has 0 fully saturated rings. The topological polar surface area (TPSA) is 83.5 Å². The van der Waals surface area contributed by atoms with Crippen LogP contribution in [-0.2, 0) is 16.0 Å². The van der Waals surface area contributed by atoms with Crippen LogP contribution in [0.2, 0.25) is 0 Å². The molecule has 5 heteroatoms. The second kappa shape index (κ2) is 14.9. The van der Waals surface area contributed by atoms with Gasteiger partial charge in [-0.15, -0.1) is 0 Å². The van der Waals surface area contributed by atoms with Gasteiger partial charge in [0.15, 0.2) is 6.29 Å². The van der Waals surface area contributed by atoms with Crippen LogP contribution in [0.5, 0.6) is 0 Å². The number of rotatable bonds is 16. The van der Waals surface area contributed by atoms with Crippen LogP contribution in [0.25, 0.3) is 0 Å². The van der Waals surface area contributed by atoms with Gasteiger partial charge in [-0.1, -0.05) is 50.7 Å². The number of carbonyl (C=O) groups excluding carboxylic acids is 2. The zero-order valence-electron chi connectivity index (χ0n) is 16.2. The molecule has 0 aliphatic heterocycles. The average molecular weight is 375 g/mol. The molecule has 2 N–H and O–H groups in total. The van der Waals surface area contributed by atoms with E-state index in [9.17, 15) is 14.4 Å². The van der Waals surface area contributed by atoms with Crippen LogP contribution in [0.1, 0.15) is 86.6 Å². The maximum absolute atomic E-state index is 11.5. The molecule has 5 nitrogen and oxygen atoms in total. The number of unbranched alkanes of at least 4 members (excludes halogenated alkanes) is 8. The van der Waals surface area contributed by atoms with Crippen molar-refractivity contribution in [2.75, 3.05) is 6.54 Å². The first-order chi connectivity index (χ1) is 13.1. The monoisotopic (exact) mass is 374 g/mol. The Hall–Kier alpha value is -2.17. The fraction of sp³-hybridized carbons (Fsp3) is 0.591. The van der Waals surface area contributed by atoms with Crippen LogP contribution < -0.4 is 5.32 Å². The largest absolute Gasteiger partial charge is 0.478 e. The van der Waals surface area contributed by atoms with E-state index in [0.29, 0.717) is 31.4 Å². The lowest BCUT2D eigenvalue weighted by Gasteiger charge is -2.05. The first kappa shape index (κ1) is 22.9. The number of benzene rings is 1. The quantitative estimate of drug-likeness (QED) is 0.419. The van der Waals surface area contributed by atoms with Crippen LogP contribution in [0.3, 0.4) is 0 Å². The van der Waals surface area contributed by atoms with Gasteiger partial charge in [0.2, 0.25) is 5.91 Å². The van der Waals surface area contributed by atoms with Crippen LogP contribution in [0, 0.1) is 0 Å². The van der Waals surface area contributed by atoms with Crippen molar-refractivity contribution in [3.63, 3.8) is 0 Å². The van der Waals surface area contributed by atoms with E-state index < -0.39 is 5.97 Å². The van der Waals surface area contributed by atoms with Crippen LogP contribution in [0.15, 0.2) is 24.3 Å². The summed E-state index contributed by atoms with van der Waals surface area (Å²) in [7, 11) is 0. The highest BCUT2D eigenvalue weighted by molar-refractivity contribution is 5.87.